The van der Waals surface area contributed by atoms with Gasteiger partial charge in [0.25, 0.3) is 0 Å². The van der Waals surface area contributed by atoms with Crippen LogP contribution in [-0.4, -0.2) is 7.05 Å². The number of aryl methyl sites for hydroxylation is 1. The maximum absolute atomic E-state index is 12.2. The molecule has 13 heavy (non-hydrogen) atoms. The van der Waals surface area contributed by atoms with E-state index < -0.39 is 11.7 Å². The Labute approximate surface area is 74.6 Å². The molecule has 0 saturated heterocycles. The van der Waals surface area contributed by atoms with Crippen LogP contribution in [0, 0.1) is 6.92 Å². The molecule has 0 unspecified atom stereocenters. The summed E-state index contributed by atoms with van der Waals surface area (Å²) in [6, 6.07) is 3.64. The first kappa shape index (κ1) is 9.89. The fourth-order valence-electron chi connectivity index (χ4n) is 1.07. The van der Waals surface area contributed by atoms with E-state index in [1.54, 1.807) is 14.0 Å². The van der Waals surface area contributed by atoms with Gasteiger partial charge in [-0.15, -0.1) is 0 Å². The SMILES string of the molecule is CNc1cc(C(F)(F)F)ccc1C. The van der Waals surface area contributed by atoms with Gasteiger partial charge in [-0.3, -0.25) is 0 Å². The lowest BCUT2D eigenvalue weighted by atomic mass is 10.1. The fraction of sp³-hybridized carbons (Fsp3) is 0.333. The number of halogens is 3. The van der Waals surface area contributed by atoms with Crippen molar-refractivity contribution >= 4 is 5.69 Å². The molecule has 1 rings (SSSR count). The third-order valence-corrected chi connectivity index (χ3v) is 1.83. The smallest absolute Gasteiger partial charge is 0.388 e. The van der Waals surface area contributed by atoms with Gasteiger partial charge in [0.2, 0.25) is 0 Å². The molecule has 0 aliphatic carbocycles. The van der Waals surface area contributed by atoms with Gasteiger partial charge in [0, 0.05) is 12.7 Å². The Balaban J connectivity index is 3.14. The van der Waals surface area contributed by atoms with Gasteiger partial charge in [-0.2, -0.15) is 13.2 Å². The third kappa shape index (κ3) is 2.14. The Bertz CT molecular complexity index is 304. The number of alkyl halides is 3. The monoisotopic (exact) mass is 189 g/mol. The lowest BCUT2D eigenvalue weighted by Crippen LogP contribution is -2.06. The standard InChI is InChI=1S/C9H10F3N/c1-6-3-4-7(9(10,11)12)5-8(6)13-2/h3-5,13H,1-2H3. The highest BCUT2D eigenvalue weighted by molar-refractivity contribution is 5.52. The van der Waals surface area contributed by atoms with E-state index in [1.165, 1.54) is 6.07 Å². The maximum atomic E-state index is 12.2. The number of hydrogen-bond donors (Lipinski definition) is 1. The zero-order valence-electron chi connectivity index (χ0n) is 7.37. The molecule has 0 aliphatic heterocycles. The van der Waals surface area contributed by atoms with E-state index >= 15 is 0 Å². The highest BCUT2D eigenvalue weighted by atomic mass is 19.4. The van der Waals surface area contributed by atoms with Crippen LogP contribution >= 0.6 is 0 Å². The van der Waals surface area contributed by atoms with Crippen LogP contribution in [0.5, 0.6) is 0 Å². The molecule has 1 aromatic rings. The average Bonchev–Trinajstić information content (AvgIpc) is 2.03. The van der Waals surface area contributed by atoms with Crippen LogP contribution < -0.4 is 5.32 Å². The van der Waals surface area contributed by atoms with Gasteiger partial charge in [0.1, 0.15) is 0 Å². The van der Waals surface area contributed by atoms with Crippen LogP contribution in [0.25, 0.3) is 0 Å². The van der Waals surface area contributed by atoms with Crippen LogP contribution in [0.1, 0.15) is 11.1 Å². The highest BCUT2D eigenvalue weighted by Crippen LogP contribution is 2.31. The van der Waals surface area contributed by atoms with E-state index in [9.17, 15) is 13.2 Å². The largest absolute Gasteiger partial charge is 0.416 e. The summed E-state index contributed by atoms with van der Waals surface area (Å²) in [5.74, 6) is 0. The van der Waals surface area contributed by atoms with Gasteiger partial charge in [-0.1, -0.05) is 6.07 Å². The second-order valence-electron chi connectivity index (χ2n) is 2.78. The fourth-order valence-corrected chi connectivity index (χ4v) is 1.07. The first-order valence-electron chi connectivity index (χ1n) is 3.80. The number of nitrogens with one attached hydrogen (secondary N) is 1. The normalized spacial score (nSPS) is 11.5. The number of rotatable bonds is 1. The minimum Gasteiger partial charge on any atom is -0.388 e. The zero-order valence-corrected chi connectivity index (χ0v) is 7.37. The molecular formula is C9H10F3N. The Kier molecular flexibility index (Phi) is 2.50. The first-order chi connectivity index (χ1) is 5.95. The Morgan fingerprint density at radius 3 is 2.31 bits per heavy atom. The Hall–Kier alpha value is -1.19. The molecule has 0 amide bonds. The van der Waals surface area contributed by atoms with Gasteiger partial charge in [0.15, 0.2) is 0 Å². The van der Waals surface area contributed by atoms with Crippen LogP contribution in [0.2, 0.25) is 0 Å². The molecule has 0 radical (unpaired) electrons. The predicted octanol–water partition coefficient (Wildman–Crippen LogP) is 3.06. The molecule has 0 saturated carbocycles. The quantitative estimate of drug-likeness (QED) is 0.715. The molecule has 0 bridgehead atoms. The van der Waals surface area contributed by atoms with Crippen molar-refractivity contribution in [3.63, 3.8) is 0 Å². The summed E-state index contributed by atoms with van der Waals surface area (Å²) in [7, 11) is 1.60. The van der Waals surface area contributed by atoms with E-state index in [1.807, 2.05) is 0 Å². The van der Waals surface area contributed by atoms with Crippen molar-refractivity contribution in [2.75, 3.05) is 12.4 Å². The molecule has 0 spiro atoms. The van der Waals surface area contributed by atoms with Crippen LogP contribution in [-0.2, 0) is 6.18 Å². The van der Waals surface area contributed by atoms with E-state index in [-0.39, 0.29) is 0 Å². The summed E-state index contributed by atoms with van der Waals surface area (Å²) in [5.41, 5.74) is 0.688. The number of benzene rings is 1. The molecule has 1 N–H and O–H groups in total. The van der Waals surface area contributed by atoms with Gasteiger partial charge < -0.3 is 5.32 Å². The van der Waals surface area contributed by atoms with Gasteiger partial charge in [0.05, 0.1) is 5.56 Å². The topological polar surface area (TPSA) is 12.0 Å². The summed E-state index contributed by atoms with van der Waals surface area (Å²) in [4.78, 5) is 0. The number of hydrogen-bond acceptors (Lipinski definition) is 1. The van der Waals surface area contributed by atoms with Crippen molar-refractivity contribution in [2.45, 2.75) is 13.1 Å². The van der Waals surface area contributed by atoms with Crippen molar-refractivity contribution in [3.8, 4) is 0 Å². The van der Waals surface area contributed by atoms with Crippen molar-refractivity contribution in [1.82, 2.24) is 0 Å². The molecule has 0 atom stereocenters. The Morgan fingerprint density at radius 1 is 1.23 bits per heavy atom. The minimum absolute atomic E-state index is 0.509. The zero-order chi connectivity index (χ0) is 10.1. The van der Waals surface area contributed by atoms with Gasteiger partial charge >= 0.3 is 6.18 Å². The summed E-state index contributed by atoms with van der Waals surface area (Å²) < 4.78 is 36.6. The second-order valence-corrected chi connectivity index (χ2v) is 2.78. The molecule has 1 aromatic carbocycles. The van der Waals surface area contributed by atoms with E-state index in [0.29, 0.717) is 5.69 Å². The van der Waals surface area contributed by atoms with Crippen LogP contribution in [0.15, 0.2) is 18.2 Å². The van der Waals surface area contributed by atoms with Gasteiger partial charge in [-0.05, 0) is 24.6 Å². The maximum Gasteiger partial charge on any atom is 0.416 e. The molecule has 0 heterocycles. The van der Waals surface area contributed by atoms with E-state index in [0.717, 1.165) is 17.7 Å². The summed E-state index contributed by atoms with van der Waals surface area (Å²) in [6.45, 7) is 1.76. The lowest BCUT2D eigenvalue weighted by molar-refractivity contribution is -0.137. The molecule has 1 nitrogen and oxygen atoms in total. The second kappa shape index (κ2) is 3.28. The molecule has 0 aromatic heterocycles. The van der Waals surface area contributed by atoms with Crippen molar-refractivity contribution in [3.05, 3.63) is 29.3 Å². The highest BCUT2D eigenvalue weighted by Gasteiger charge is 2.30. The van der Waals surface area contributed by atoms with Crippen LogP contribution in [0.3, 0.4) is 0 Å². The average molecular weight is 189 g/mol. The Morgan fingerprint density at radius 2 is 1.85 bits per heavy atom. The molecular weight excluding hydrogens is 179 g/mol. The van der Waals surface area contributed by atoms with Crippen molar-refractivity contribution < 1.29 is 13.2 Å². The third-order valence-electron chi connectivity index (χ3n) is 1.83. The summed E-state index contributed by atoms with van der Waals surface area (Å²) >= 11 is 0. The number of anilines is 1. The summed E-state index contributed by atoms with van der Waals surface area (Å²) in [5, 5.41) is 2.71. The van der Waals surface area contributed by atoms with E-state index in [2.05, 4.69) is 5.32 Å². The predicted molar refractivity (Wildman–Crippen MR) is 45.7 cm³/mol. The van der Waals surface area contributed by atoms with Crippen LogP contribution in [0.4, 0.5) is 18.9 Å². The molecule has 0 fully saturated rings. The summed E-state index contributed by atoms with van der Waals surface area (Å²) in [6.07, 6.45) is -4.26. The van der Waals surface area contributed by atoms with E-state index in [4.69, 9.17) is 0 Å². The van der Waals surface area contributed by atoms with Crippen molar-refractivity contribution in [2.24, 2.45) is 0 Å². The molecule has 4 heteroatoms. The molecule has 0 aliphatic rings. The minimum atomic E-state index is -4.26. The van der Waals surface area contributed by atoms with Crippen molar-refractivity contribution in [1.29, 1.82) is 0 Å². The first-order valence-corrected chi connectivity index (χ1v) is 3.80. The lowest BCUT2D eigenvalue weighted by Gasteiger charge is -2.10. The van der Waals surface area contributed by atoms with Gasteiger partial charge in [-0.25, -0.2) is 0 Å². The molecule has 72 valence electrons.